The van der Waals surface area contributed by atoms with E-state index >= 15 is 0 Å². The normalized spacial score (nSPS) is 7.56. The van der Waals surface area contributed by atoms with Crippen LogP contribution in [0.15, 0.2) is 36.9 Å². The van der Waals surface area contributed by atoms with E-state index in [9.17, 15) is 0 Å². The Morgan fingerprint density at radius 2 is 1.67 bits per heavy atom. The van der Waals surface area contributed by atoms with Crippen LogP contribution in [0.25, 0.3) is 6.08 Å². The van der Waals surface area contributed by atoms with Crippen LogP contribution < -0.4 is 0 Å². The predicted molar refractivity (Wildman–Crippen MR) is 45.1 cm³/mol. The summed E-state index contributed by atoms with van der Waals surface area (Å²) in [5.41, 5.74) is 1.17. The van der Waals surface area contributed by atoms with Gasteiger partial charge in [0.05, 0.1) is 0 Å². The number of hydrogen-bond donors (Lipinski definition) is 0. The molecule has 0 bridgehead atoms. The van der Waals surface area contributed by atoms with Crippen LogP contribution in [0.5, 0.6) is 0 Å². The van der Waals surface area contributed by atoms with Crippen LogP contribution in [0.2, 0.25) is 0 Å². The van der Waals surface area contributed by atoms with E-state index in [1.165, 1.54) is 5.56 Å². The first kappa shape index (κ1) is 8.88. The van der Waals surface area contributed by atoms with E-state index in [4.69, 9.17) is 0 Å². The molecule has 0 nitrogen and oxygen atoms in total. The molecule has 1 aromatic carbocycles. The van der Waals surface area contributed by atoms with Gasteiger partial charge in [-0.25, -0.2) is 0 Å². The fourth-order valence-corrected chi connectivity index (χ4v) is 0.589. The average Bonchev–Trinajstić information content (AvgIpc) is 1.90. The van der Waals surface area contributed by atoms with E-state index in [1.54, 1.807) is 0 Å². The SMILES string of the molecule is C=Cc1ccccc1.[PbH2]. The molecule has 0 saturated heterocycles. The molecule has 0 aliphatic carbocycles. The van der Waals surface area contributed by atoms with Crippen molar-refractivity contribution in [3.05, 3.63) is 42.5 Å². The molecule has 1 aromatic rings. The number of hydrogen-bond acceptors (Lipinski definition) is 0. The summed E-state index contributed by atoms with van der Waals surface area (Å²) < 4.78 is 0. The Labute approximate surface area is 75.8 Å². The van der Waals surface area contributed by atoms with Gasteiger partial charge in [0.2, 0.25) is 0 Å². The molecule has 0 amide bonds. The first-order valence-electron chi connectivity index (χ1n) is 2.61. The summed E-state index contributed by atoms with van der Waals surface area (Å²) in [6, 6.07) is 10.0. The van der Waals surface area contributed by atoms with Gasteiger partial charge in [-0.1, -0.05) is 43.0 Å². The fourth-order valence-electron chi connectivity index (χ4n) is 0.589. The number of benzene rings is 1. The van der Waals surface area contributed by atoms with Crippen molar-refractivity contribution < 1.29 is 0 Å². The quantitative estimate of drug-likeness (QED) is 0.688. The Morgan fingerprint density at radius 1 is 1.11 bits per heavy atom. The van der Waals surface area contributed by atoms with E-state index < -0.39 is 0 Å². The van der Waals surface area contributed by atoms with Crippen LogP contribution in [-0.2, 0) is 0 Å². The second kappa shape index (κ2) is 4.73. The van der Waals surface area contributed by atoms with Crippen LogP contribution in [-0.4, -0.2) is 27.3 Å². The zero-order valence-electron chi connectivity index (χ0n) is 5.38. The van der Waals surface area contributed by atoms with Crippen LogP contribution >= 0.6 is 0 Å². The van der Waals surface area contributed by atoms with Crippen LogP contribution in [0.4, 0.5) is 0 Å². The molecular formula is C8H10Pb. The van der Waals surface area contributed by atoms with Crippen LogP contribution in [0.1, 0.15) is 5.56 Å². The fraction of sp³-hybridized carbons (Fsp3) is 0. The standard InChI is InChI=1S/C8H8.Pb.2H/c1-2-8-6-4-3-5-7-8;;;/h2-7H,1H2;;;. The Hall–Kier alpha value is -0.118. The van der Waals surface area contributed by atoms with Gasteiger partial charge < -0.3 is 0 Å². The molecule has 1 heteroatoms. The topological polar surface area (TPSA) is 0 Å². The Bertz CT molecular complexity index is 167. The summed E-state index contributed by atoms with van der Waals surface area (Å²) in [5.74, 6) is 0. The summed E-state index contributed by atoms with van der Waals surface area (Å²) in [7, 11) is 0. The second-order valence-corrected chi connectivity index (χ2v) is 1.61. The zero-order chi connectivity index (χ0) is 5.82. The maximum atomic E-state index is 3.63. The third-order valence-corrected chi connectivity index (χ3v) is 1.04. The van der Waals surface area contributed by atoms with Gasteiger partial charge >= 0.3 is 27.3 Å². The molecule has 0 aliphatic rings. The van der Waals surface area contributed by atoms with Gasteiger partial charge in [0.1, 0.15) is 0 Å². The molecule has 0 aromatic heterocycles. The van der Waals surface area contributed by atoms with Crippen molar-refractivity contribution in [2.45, 2.75) is 0 Å². The van der Waals surface area contributed by atoms with Gasteiger partial charge in [-0.2, -0.15) is 0 Å². The van der Waals surface area contributed by atoms with Crippen molar-refractivity contribution in [2.24, 2.45) is 0 Å². The van der Waals surface area contributed by atoms with Gasteiger partial charge in [0, 0.05) is 0 Å². The van der Waals surface area contributed by atoms with Crippen molar-refractivity contribution in [2.75, 3.05) is 0 Å². The van der Waals surface area contributed by atoms with Crippen LogP contribution in [0.3, 0.4) is 0 Å². The van der Waals surface area contributed by atoms with Crippen molar-refractivity contribution in [1.29, 1.82) is 0 Å². The van der Waals surface area contributed by atoms with Gasteiger partial charge in [-0.05, 0) is 5.56 Å². The minimum absolute atomic E-state index is 0. The van der Waals surface area contributed by atoms with Crippen molar-refractivity contribution in [1.82, 2.24) is 0 Å². The first-order valence-corrected chi connectivity index (χ1v) is 2.61. The number of rotatable bonds is 1. The average molecular weight is 313 g/mol. The van der Waals surface area contributed by atoms with E-state index in [-0.39, 0.29) is 27.3 Å². The van der Waals surface area contributed by atoms with Gasteiger partial charge in [0.15, 0.2) is 0 Å². The molecule has 1 rings (SSSR count). The Balaban J connectivity index is 0.000000640. The molecule has 46 valence electrons. The van der Waals surface area contributed by atoms with E-state index in [0.717, 1.165) is 0 Å². The predicted octanol–water partition coefficient (Wildman–Crippen LogP) is 1.41. The molecule has 0 unspecified atom stereocenters. The zero-order valence-corrected chi connectivity index (χ0v) is 10.9. The molecule has 2 radical (unpaired) electrons. The van der Waals surface area contributed by atoms with Crippen LogP contribution in [0, 0.1) is 0 Å². The molecule has 9 heavy (non-hydrogen) atoms. The van der Waals surface area contributed by atoms with Crippen molar-refractivity contribution in [3.63, 3.8) is 0 Å². The molecule has 0 fully saturated rings. The summed E-state index contributed by atoms with van der Waals surface area (Å²) >= 11 is 0. The monoisotopic (exact) mass is 314 g/mol. The molecule has 0 saturated carbocycles. The molecular weight excluding hydrogens is 303 g/mol. The maximum absolute atomic E-state index is 3.63. The van der Waals surface area contributed by atoms with E-state index in [1.807, 2.05) is 36.4 Å². The van der Waals surface area contributed by atoms with Crippen molar-refractivity contribution in [3.8, 4) is 0 Å². The van der Waals surface area contributed by atoms with Crippen molar-refractivity contribution >= 4 is 33.4 Å². The summed E-state index contributed by atoms with van der Waals surface area (Å²) in [5, 5.41) is 0. The molecule has 0 atom stereocenters. The van der Waals surface area contributed by atoms with E-state index in [0.29, 0.717) is 0 Å². The third-order valence-electron chi connectivity index (χ3n) is 1.04. The molecule has 0 aliphatic heterocycles. The minimum atomic E-state index is 0. The Morgan fingerprint density at radius 3 is 2.00 bits per heavy atom. The molecule has 0 N–H and O–H groups in total. The molecule has 0 heterocycles. The van der Waals surface area contributed by atoms with E-state index in [2.05, 4.69) is 6.58 Å². The Kier molecular flexibility index (Phi) is 4.67. The second-order valence-electron chi connectivity index (χ2n) is 1.61. The van der Waals surface area contributed by atoms with Gasteiger partial charge in [-0.15, -0.1) is 0 Å². The van der Waals surface area contributed by atoms with Gasteiger partial charge in [-0.3, -0.25) is 0 Å². The summed E-state index contributed by atoms with van der Waals surface area (Å²) in [4.78, 5) is 0. The first-order chi connectivity index (χ1) is 3.93. The molecule has 0 spiro atoms. The van der Waals surface area contributed by atoms with Gasteiger partial charge in [0.25, 0.3) is 0 Å². The third kappa shape index (κ3) is 2.79. The summed E-state index contributed by atoms with van der Waals surface area (Å²) in [6.07, 6.45) is 1.83. The summed E-state index contributed by atoms with van der Waals surface area (Å²) in [6.45, 7) is 3.63.